The van der Waals surface area contributed by atoms with Gasteiger partial charge in [-0.05, 0) is 193 Å². The van der Waals surface area contributed by atoms with Crippen molar-refractivity contribution in [3.05, 3.63) is 274 Å². The lowest BCUT2D eigenvalue weighted by Crippen LogP contribution is -2.15. The van der Waals surface area contributed by atoms with Crippen LogP contribution in [0.4, 0.5) is 34.1 Å². The molecule has 2 heteroatoms. The van der Waals surface area contributed by atoms with Gasteiger partial charge in [-0.3, -0.25) is 0 Å². The van der Waals surface area contributed by atoms with Crippen molar-refractivity contribution >= 4 is 114 Å². The molecule has 2 saturated carbocycles. The Morgan fingerprint density at radius 3 is 0.800 bits per heavy atom. The Labute approximate surface area is 473 Å². The summed E-state index contributed by atoms with van der Waals surface area (Å²) < 4.78 is 0. The van der Waals surface area contributed by atoms with Crippen molar-refractivity contribution in [2.24, 2.45) is 0 Å². The fourth-order valence-electron chi connectivity index (χ4n) is 12.3. The molecular weight excluding hydrogens is 965 g/mol. The molecule has 0 N–H and O–H groups in total. The first kappa shape index (κ1) is 50.5. The zero-order valence-electron chi connectivity index (χ0n) is 46.2. The third kappa shape index (κ3) is 10.9. The molecule has 0 spiro atoms. The van der Waals surface area contributed by atoms with Crippen molar-refractivity contribution in [1.29, 1.82) is 0 Å². The van der Waals surface area contributed by atoms with Gasteiger partial charge in [0.1, 0.15) is 0 Å². The summed E-state index contributed by atoms with van der Waals surface area (Å²) in [6.45, 7) is 4.28. The van der Waals surface area contributed by atoms with Crippen LogP contribution in [0.2, 0.25) is 0 Å². The lowest BCUT2D eigenvalue weighted by atomic mass is 9.91. The summed E-state index contributed by atoms with van der Waals surface area (Å²) >= 11 is 0. The molecule has 0 aromatic heterocycles. The summed E-state index contributed by atoms with van der Waals surface area (Å²) in [5.41, 5.74) is 19.6. The molecule has 11 aromatic rings. The van der Waals surface area contributed by atoms with Gasteiger partial charge in [-0.1, -0.05) is 217 Å². The maximum atomic E-state index is 2.54. The first-order valence-electron chi connectivity index (χ1n) is 29.1. The minimum atomic E-state index is 1.10. The number of aryl methyl sites for hydroxylation is 2. The molecule has 0 heterocycles. The van der Waals surface area contributed by atoms with Gasteiger partial charge in [0.05, 0.1) is 11.4 Å². The average molecular weight is 1030 g/mol. The number of benzene rings is 11. The van der Waals surface area contributed by atoms with Gasteiger partial charge < -0.3 is 9.80 Å². The highest BCUT2D eigenvalue weighted by molar-refractivity contribution is 6.27. The number of allylic oxidation sites excluding steroid dienone is 2. The quantitative estimate of drug-likeness (QED) is 0.0684. The van der Waals surface area contributed by atoms with Gasteiger partial charge in [-0.15, -0.1) is 0 Å². The Morgan fingerprint density at radius 1 is 0.275 bits per heavy atom. The second kappa shape index (κ2) is 22.8. The second-order valence-corrected chi connectivity index (χ2v) is 22.4. The molecule has 0 radical (unpaired) electrons. The van der Waals surface area contributed by atoms with E-state index >= 15 is 0 Å². The predicted octanol–water partition coefficient (Wildman–Crippen LogP) is 22.9. The summed E-state index contributed by atoms with van der Waals surface area (Å²) in [6, 6.07) is 82.2. The molecule has 0 saturated heterocycles. The van der Waals surface area contributed by atoms with E-state index in [4.69, 9.17) is 0 Å². The number of rotatable bonds is 12. The molecule has 2 aliphatic rings. The fraction of sp³-hybridized carbons (Fsp3) is 0.154. The first-order chi connectivity index (χ1) is 39.4. The third-order valence-corrected chi connectivity index (χ3v) is 16.7. The van der Waals surface area contributed by atoms with Crippen molar-refractivity contribution in [2.45, 2.75) is 78.1 Å². The molecule has 0 unspecified atom stereocenters. The predicted molar refractivity (Wildman–Crippen MR) is 348 cm³/mol. The second-order valence-electron chi connectivity index (χ2n) is 22.4. The Bertz CT molecular complexity index is 3750. The van der Waals surface area contributed by atoms with Gasteiger partial charge in [0.25, 0.3) is 0 Å². The smallest absolute Gasteiger partial charge is 0.0620 e. The van der Waals surface area contributed by atoms with E-state index in [1.54, 1.807) is 11.1 Å². The molecule has 0 amide bonds. The van der Waals surface area contributed by atoms with E-state index in [0.717, 1.165) is 45.3 Å². The Balaban J connectivity index is 1.05. The van der Waals surface area contributed by atoms with Crippen molar-refractivity contribution in [1.82, 2.24) is 0 Å². The summed E-state index contributed by atoms with van der Waals surface area (Å²) in [7, 11) is 0. The van der Waals surface area contributed by atoms with Crippen molar-refractivity contribution in [3.63, 3.8) is 0 Å². The zero-order chi connectivity index (χ0) is 53.8. The highest BCUT2D eigenvalue weighted by Crippen LogP contribution is 2.53. The number of fused-ring (bicyclic) bond motifs is 4. The van der Waals surface area contributed by atoms with E-state index in [1.807, 2.05) is 0 Å². The van der Waals surface area contributed by atoms with Gasteiger partial charge in [-0.25, -0.2) is 0 Å². The minimum absolute atomic E-state index is 1.10. The van der Waals surface area contributed by atoms with Crippen molar-refractivity contribution in [2.75, 3.05) is 9.80 Å². The third-order valence-electron chi connectivity index (χ3n) is 16.7. The fourth-order valence-corrected chi connectivity index (χ4v) is 12.3. The molecule has 390 valence electrons. The van der Waals surface area contributed by atoms with Crippen molar-refractivity contribution in [3.8, 4) is 0 Å². The zero-order valence-corrected chi connectivity index (χ0v) is 46.2. The molecule has 0 atom stereocenters. The maximum Gasteiger partial charge on any atom is 0.0620 e. The average Bonchev–Trinajstić information content (AvgIpc) is 3.30. The van der Waals surface area contributed by atoms with E-state index in [2.05, 4.69) is 278 Å². The molecule has 2 fully saturated rings. The van der Waals surface area contributed by atoms with Crippen LogP contribution in [0, 0.1) is 13.8 Å². The van der Waals surface area contributed by atoms with Crippen LogP contribution in [0.3, 0.4) is 0 Å². The Kier molecular flexibility index (Phi) is 14.4. The van der Waals surface area contributed by atoms with Gasteiger partial charge >= 0.3 is 0 Å². The van der Waals surface area contributed by atoms with Crippen LogP contribution >= 0.6 is 0 Å². The van der Waals surface area contributed by atoms with Crippen LogP contribution in [-0.4, -0.2) is 0 Å². The largest absolute Gasteiger partial charge is 0.309 e. The summed E-state index contributed by atoms with van der Waals surface area (Å²) in [5, 5.41) is 9.53. The molecule has 11 aromatic carbocycles. The van der Waals surface area contributed by atoms with E-state index in [9.17, 15) is 0 Å². The monoisotopic (exact) mass is 1030 g/mol. The number of nitrogens with zero attached hydrogens (tertiary/aromatic N) is 2. The first-order valence-corrected chi connectivity index (χ1v) is 29.1. The molecule has 13 rings (SSSR count). The van der Waals surface area contributed by atoms with Crippen LogP contribution in [0.5, 0.6) is 0 Å². The maximum absolute atomic E-state index is 2.54. The van der Waals surface area contributed by atoms with Crippen LogP contribution in [0.15, 0.2) is 230 Å². The van der Waals surface area contributed by atoms with Gasteiger partial charge in [0.2, 0.25) is 0 Å². The van der Waals surface area contributed by atoms with Gasteiger partial charge in [0, 0.05) is 44.3 Å². The van der Waals surface area contributed by atoms with Crippen LogP contribution in [0.1, 0.15) is 109 Å². The van der Waals surface area contributed by atoms with Gasteiger partial charge in [0.15, 0.2) is 0 Å². The summed E-state index contributed by atoms with van der Waals surface area (Å²) in [5.74, 6) is 0. The van der Waals surface area contributed by atoms with E-state index in [1.165, 1.54) is 141 Å². The number of hydrogen-bond donors (Lipinski definition) is 0. The molecular formula is C78H68N2. The lowest BCUT2D eigenvalue weighted by Gasteiger charge is -2.33. The van der Waals surface area contributed by atoms with Crippen LogP contribution in [0.25, 0.3) is 79.5 Å². The number of hydrogen-bond acceptors (Lipinski definition) is 2. The molecule has 0 bridgehead atoms. The van der Waals surface area contributed by atoms with Crippen LogP contribution < -0.4 is 9.80 Å². The van der Waals surface area contributed by atoms with Crippen LogP contribution in [-0.2, 0) is 0 Å². The highest BCUT2D eigenvalue weighted by atomic mass is 15.2. The molecule has 0 aliphatic heterocycles. The Hall–Kier alpha value is -8.98. The van der Waals surface area contributed by atoms with Gasteiger partial charge in [-0.2, -0.15) is 0 Å². The lowest BCUT2D eigenvalue weighted by molar-refractivity contribution is 0.602. The topological polar surface area (TPSA) is 6.48 Å². The van der Waals surface area contributed by atoms with Crippen molar-refractivity contribution < 1.29 is 0 Å². The number of anilines is 6. The Morgan fingerprint density at radius 2 is 0.525 bits per heavy atom. The summed E-state index contributed by atoms with van der Waals surface area (Å²) in [4.78, 5) is 5.08. The molecule has 2 aliphatic carbocycles. The van der Waals surface area contributed by atoms with E-state index in [-0.39, 0.29) is 0 Å². The summed E-state index contributed by atoms with van der Waals surface area (Å²) in [6.07, 6.45) is 26.3. The normalized spacial score (nSPS) is 14.0. The molecule has 80 heavy (non-hydrogen) atoms. The SMILES string of the molecule is Cc1ccc(C=Cc2ccc(N(c3ccc(C=C4CCCCC4)cc3)c3c4cc5ccccc5cc4c(N(c4ccc(C=Cc5ccc(C)cc5)cc4)c4ccc(C=C5CCCCC5)cc4)c4cc5ccccc5cc34)cc2)cc1. The molecule has 2 nitrogen and oxygen atoms in total. The van der Waals surface area contributed by atoms with E-state index < -0.39 is 0 Å². The minimum Gasteiger partial charge on any atom is -0.309 e. The van der Waals surface area contributed by atoms with E-state index in [0.29, 0.717) is 0 Å². The standard InChI is InChI=1S/C78H68N2/c1-55-21-25-57(26-22-55)29-31-59-33-41-69(42-34-59)79(71-45-37-63(38-46-71)49-61-13-5-3-6-14-61)77-73-51-65-17-9-11-19-67(65)53-75(73)78(76-54-68-20-12-10-18-66(68)52-74(76)77)80(72-47-39-64(40-48-72)50-62-15-7-4-8-16-62)70-43-35-60(36-44-70)32-30-58-27-23-56(2)24-28-58/h9-12,17-54H,3-8,13-16H2,1-2H3. The highest BCUT2D eigenvalue weighted by Gasteiger charge is 2.27.